The SMILES string of the molecule is CNc1cc(NC(C)c2ccccc2F)cc([N+](=O)[O-])c1. The molecular weight excluding hydrogens is 273 g/mol. The lowest BCUT2D eigenvalue weighted by molar-refractivity contribution is -0.384. The Morgan fingerprint density at radius 2 is 1.86 bits per heavy atom. The maximum Gasteiger partial charge on any atom is 0.273 e. The molecule has 0 spiro atoms. The summed E-state index contributed by atoms with van der Waals surface area (Å²) >= 11 is 0. The highest BCUT2D eigenvalue weighted by Gasteiger charge is 2.13. The van der Waals surface area contributed by atoms with E-state index in [0.717, 1.165) is 0 Å². The number of nitro groups is 1. The van der Waals surface area contributed by atoms with Gasteiger partial charge < -0.3 is 10.6 Å². The van der Waals surface area contributed by atoms with Crippen molar-refractivity contribution in [3.8, 4) is 0 Å². The first-order valence-corrected chi connectivity index (χ1v) is 6.49. The molecule has 2 aromatic rings. The average molecular weight is 289 g/mol. The van der Waals surface area contributed by atoms with Gasteiger partial charge in [-0.2, -0.15) is 0 Å². The van der Waals surface area contributed by atoms with Crippen LogP contribution < -0.4 is 10.6 Å². The predicted octanol–water partition coefficient (Wildman–Crippen LogP) is 3.95. The number of nitro benzene ring substituents is 1. The summed E-state index contributed by atoms with van der Waals surface area (Å²) in [6.07, 6.45) is 0. The summed E-state index contributed by atoms with van der Waals surface area (Å²) in [5.74, 6) is -0.309. The van der Waals surface area contributed by atoms with Crippen LogP contribution in [0.5, 0.6) is 0 Å². The van der Waals surface area contributed by atoms with Gasteiger partial charge in [0.05, 0.1) is 11.0 Å². The van der Waals surface area contributed by atoms with Crippen LogP contribution in [0.15, 0.2) is 42.5 Å². The van der Waals surface area contributed by atoms with Crippen molar-refractivity contribution in [2.45, 2.75) is 13.0 Å². The molecule has 0 saturated heterocycles. The summed E-state index contributed by atoms with van der Waals surface area (Å²) < 4.78 is 13.7. The highest BCUT2D eigenvalue weighted by Crippen LogP contribution is 2.27. The van der Waals surface area contributed by atoms with E-state index in [9.17, 15) is 14.5 Å². The van der Waals surface area contributed by atoms with Crippen molar-refractivity contribution in [3.63, 3.8) is 0 Å². The lowest BCUT2D eigenvalue weighted by atomic mass is 10.1. The number of non-ortho nitro benzene ring substituents is 1. The smallest absolute Gasteiger partial charge is 0.273 e. The number of hydrogen-bond acceptors (Lipinski definition) is 4. The molecule has 0 amide bonds. The highest BCUT2D eigenvalue weighted by molar-refractivity contribution is 5.63. The fourth-order valence-electron chi connectivity index (χ4n) is 2.10. The third-order valence-electron chi connectivity index (χ3n) is 3.17. The van der Waals surface area contributed by atoms with Gasteiger partial charge >= 0.3 is 0 Å². The van der Waals surface area contributed by atoms with Crippen molar-refractivity contribution in [1.82, 2.24) is 0 Å². The molecule has 0 heterocycles. The molecule has 1 atom stereocenters. The van der Waals surface area contributed by atoms with Gasteiger partial charge in [0.1, 0.15) is 5.82 Å². The molecule has 0 bridgehead atoms. The third kappa shape index (κ3) is 3.47. The molecule has 2 aromatic carbocycles. The first-order chi connectivity index (χ1) is 10.0. The summed E-state index contributed by atoms with van der Waals surface area (Å²) in [7, 11) is 1.68. The molecule has 0 aliphatic rings. The Morgan fingerprint density at radius 3 is 2.48 bits per heavy atom. The average Bonchev–Trinajstić information content (AvgIpc) is 2.47. The molecule has 0 saturated carbocycles. The largest absolute Gasteiger partial charge is 0.388 e. The Labute approximate surface area is 122 Å². The van der Waals surface area contributed by atoms with E-state index >= 15 is 0 Å². The summed E-state index contributed by atoms with van der Waals surface area (Å²) in [5.41, 5.74) is 1.66. The molecule has 1 unspecified atom stereocenters. The van der Waals surface area contributed by atoms with E-state index in [2.05, 4.69) is 10.6 Å². The summed E-state index contributed by atoms with van der Waals surface area (Å²) in [6, 6.07) is 10.8. The maximum atomic E-state index is 13.7. The Morgan fingerprint density at radius 1 is 1.19 bits per heavy atom. The van der Waals surface area contributed by atoms with E-state index in [4.69, 9.17) is 0 Å². The van der Waals surface area contributed by atoms with Gasteiger partial charge in [-0.1, -0.05) is 18.2 Å². The molecule has 21 heavy (non-hydrogen) atoms. The summed E-state index contributed by atoms with van der Waals surface area (Å²) in [4.78, 5) is 10.5. The second kappa shape index (κ2) is 6.21. The molecule has 110 valence electrons. The van der Waals surface area contributed by atoms with Gasteiger partial charge in [0, 0.05) is 36.1 Å². The van der Waals surface area contributed by atoms with E-state index in [1.165, 1.54) is 18.2 Å². The van der Waals surface area contributed by atoms with Crippen LogP contribution in [0.4, 0.5) is 21.5 Å². The summed E-state index contributed by atoms with van der Waals surface area (Å²) in [5, 5.41) is 16.9. The van der Waals surface area contributed by atoms with Gasteiger partial charge in [-0.25, -0.2) is 4.39 Å². The van der Waals surface area contributed by atoms with E-state index < -0.39 is 4.92 Å². The zero-order valence-electron chi connectivity index (χ0n) is 11.8. The van der Waals surface area contributed by atoms with Crippen LogP contribution in [0.25, 0.3) is 0 Å². The Kier molecular flexibility index (Phi) is 4.37. The molecule has 0 aromatic heterocycles. The quantitative estimate of drug-likeness (QED) is 0.646. The standard InChI is InChI=1S/C15H16FN3O2/c1-10(14-5-3-4-6-15(14)16)18-12-7-11(17-2)8-13(9-12)19(20)21/h3-10,17-18H,1-2H3. The first-order valence-electron chi connectivity index (χ1n) is 6.49. The van der Waals surface area contributed by atoms with Gasteiger partial charge in [-0.3, -0.25) is 10.1 Å². The second-order valence-electron chi connectivity index (χ2n) is 4.66. The minimum Gasteiger partial charge on any atom is -0.388 e. The van der Waals surface area contributed by atoms with E-state index in [1.54, 1.807) is 38.2 Å². The van der Waals surface area contributed by atoms with Gasteiger partial charge in [-0.05, 0) is 19.1 Å². The zero-order valence-corrected chi connectivity index (χ0v) is 11.8. The number of nitrogens with zero attached hydrogens (tertiary/aromatic N) is 1. The molecule has 0 aliphatic heterocycles. The molecule has 0 fully saturated rings. The topological polar surface area (TPSA) is 67.2 Å². The lowest BCUT2D eigenvalue weighted by Gasteiger charge is -2.17. The number of nitrogens with one attached hydrogen (secondary N) is 2. The first kappa shape index (κ1) is 14.8. The van der Waals surface area contributed by atoms with Gasteiger partial charge in [0.2, 0.25) is 0 Å². The Hall–Kier alpha value is -2.63. The van der Waals surface area contributed by atoms with E-state index in [-0.39, 0.29) is 17.5 Å². The zero-order chi connectivity index (χ0) is 15.4. The van der Waals surface area contributed by atoms with Crippen LogP contribution >= 0.6 is 0 Å². The van der Waals surface area contributed by atoms with Gasteiger partial charge in [-0.15, -0.1) is 0 Å². The highest BCUT2D eigenvalue weighted by atomic mass is 19.1. The van der Waals surface area contributed by atoms with Gasteiger partial charge in [0.15, 0.2) is 0 Å². The van der Waals surface area contributed by atoms with Gasteiger partial charge in [0.25, 0.3) is 5.69 Å². The fourth-order valence-corrected chi connectivity index (χ4v) is 2.10. The minimum absolute atomic E-state index is 0.0231. The van der Waals surface area contributed by atoms with Crippen molar-refractivity contribution in [1.29, 1.82) is 0 Å². The van der Waals surface area contributed by atoms with Crippen LogP contribution in [0, 0.1) is 15.9 Å². The number of hydrogen-bond donors (Lipinski definition) is 2. The molecule has 2 N–H and O–H groups in total. The van der Waals surface area contributed by atoms with Crippen LogP contribution in [-0.2, 0) is 0 Å². The lowest BCUT2D eigenvalue weighted by Crippen LogP contribution is -2.09. The minimum atomic E-state index is -0.459. The van der Waals surface area contributed by atoms with Crippen LogP contribution in [0.1, 0.15) is 18.5 Å². The van der Waals surface area contributed by atoms with Crippen molar-refractivity contribution in [2.24, 2.45) is 0 Å². The van der Waals surface area contributed by atoms with Crippen LogP contribution in [0.2, 0.25) is 0 Å². The monoisotopic (exact) mass is 289 g/mol. The van der Waals surface area contributed by atoms with Crippen LogP contribution in [0.3, 0.4) is 0 Å². The Bertz CT molecular complexity index is 661. The van der Waals surface area contributed by atoms with Crippen molar-refractivity contribution < 1.29 is 9.31 Å². The van der Waals surface area contributed by atoms with Crippen molar-refractivity contribution in [2.75, 3.05) is 17.7 Å². The predicted molar refractivity (Wildman–Crippen MR) is 81.1 cm³/mol. The molecule has 2 rings (SSSR count). The molecular formula is C15H16FN3O2. The molecule has 5 nitrogen and oxygen atoms in total. The van der Waals surface area contributed by atoms with Crippen LogP contribution in [-0.4, -0.2) is 12.0 Å². The van der Waals surface area contributed by atoms with Crippen molar-refractivity contribution in [3.05, 3.63) is 64.0 Å². The number of rotatable bonds is 5. The second-order valence-corrected chi connectivity index (χ2v) is 4.66. The molecule has 6 heteroatoms. The third-order valence-corrected chi connectivity index (χ3v) is 3.17. The number of benzene rings is 2. The number of halogens is 1. The number of anilines is 2. The fraction of sp³-hybridized carbons (Fsp3) is 0.200. The Balaban J connectivity index is 2.28. The maximum absolute atomic E-state index is 13.7. The molecule has 0 aliphatic carbocycles. The van der Waals surface area contributed by atoms with E-state index in [1.807, 2.05) is 0 Å². The summed E-state index contributed by atoms with van der Waals surface area (Å²) in [6.45, 7) is 1.80. The molecule has 0 radical (unpaired) electrons. The van der Waals surface area contributed by atoms with Crippen molar-refractivity contribution >= 4 is 17.1 Å². The normalized spacial score (nSPS) is 11.8. The van der Waals surface area contributed by atoms with E-state index in [0.29, 0.717) is 16.9 Å².